The van der Waals surface area contributed by atoms with E-state index in [0.717, 1.165) is 25.6 Å². The van der Waals surface area contributed by atoms with Crippen molar-refractivity contribution in [2.24, 2.45) is 11.8 Å². The van der Waals surface area contributed by atoms with Crippen LogP contribution < -0.4 is 5.32 Å². The fourth-order valence-electron chi connectivity index (χ4n) is 2.37. The van der Waals surface area contributed by atoms with Crippen LogP contribution in [0, 0.1) is 11.8 Å². The van der Waals surface area contributed by atoms with Gasteiger partial charge in [0.25, 0.3) is 0 Å². The lowest BCUT2D eigenvalue weighted by Gasteiger charge is -2.10. The number of nitrogens with one attached hydrogen (secondary N) is 1. The number of hydrogen-bond donors (Lipinski definition) is 1. The van der Waals surface area contributed by atoms with E-state index in [1.54, 1.807) is 0 Å². The second-order valence-electron chi connectivity index (χ2n) is 6.70. The van der Waals surface area contributed by atoms with Gasteiger partial charge in [0.15, 0.2) is 0 Å². The Kier molecular flexibility index (Phi) is 8.59. The largest absolute Gasteiger partial charge is 0.333 e. The molecule has 0 radical (unpaired) electrons. The van der Waals surface area contributed by atoms with Crippen molar-refractivity contribution in [2.45, 2.75) is 72.9 Å². The van der Waals surface area contributed by atoms with Gasteiger partial charge in [0.1, 0.15) is 0 Å². The molecule has 0 saturated carbocycles. The maximum absolute atomic E-state index is 4.28. The van der Waals surface area contributed by atoms with Crippen LogP contribution in [-0.4, -0.2) is 16.1 Å². The molecule has 1 heterocycles. The van der Waals surface area contributed by atoms with Gasteiger partial charge in [-0.25, -0.2) is 4.98 Å². The van der Waals surface area contributed by atoms with Gasteiger partial charge < -0.3 is 9.88 Å². The molecule has 0 bridgehead atoms. The molecule has 1 aromatic heterocycles. The van der Waals surface area contributed by atoms with E-state index in [2.05, 4.69) is 42.6 Å². The molecule has 0 atom stereocenters. The molecule has 0 aromatic carbocycles. The standard InChI is InChI=1S/C17H33N3/c1-15(2)9-7-5-6-8-10-20-14-19-13-17(20)12-18-11-16(3)4/h13-16,18H,5-12H2,1-4H3. The van der Waals surface area contributed by atoms with Crippen molar-refractivity contribution in [3.8, 4) is 0 Å². The SMILES string of the molecule is CC(C)CCCCCCn1cncc1CNCC(C)C. The Balaban J connectivity index is 2.15. The van der Waals surface area contributed by atoms with E-state index in [-0.39, 0.29) is 0 Å². The minimum absolute atomic E-state index is 0.701. The van der Waals surface area contributed by atoms with Gasteiger partial charge in [0.2, 0.25) is 0 Å². The minimum Gasteiger partial charge on any atom is -0.333 e. The predicted molar refractivity (Wildman–Crippen MR) is 86.7 cm³/mol. The summed E-state index contributed by atoms with van der Waals surface area (Å²) in [6, 6.07) is 0. The number of hydrogen-bond acceptors (Lipinski definition) is 2. The highest BCUT2D eigenvalue weighted by Gasteiger charge is 2.02. The number of unbranched alkanes of at least 4 members (excludes halogenated alkanes) is 3. The normalized spacial score (nSPS) is 11.7. The van der Waals surface area contributed by atoms with E-state index in [1.807, 2.05) is 12.5 Å². The van der Waals surface area contributed by atoms with Gasteiger partial charge in [0.05, 0.1) is 12.0 Å². The van der Waals surface area contributed by atoms with E-state index in [4.69, 9.17) is 0 Å². The zero-order valence-corrected chi connectivity index (χ0v) is 13.9. The Morgan fingerprint density at radius 1 is 1.05 bits per heavy atom. The van der Waals surface area contributed by atoms with Crippen molar-refractivity contribution in [1.82, 2.24) is 14.9 Å². The van der Waals surface area contributed by atoms with Gasteiger partial charge >= 0.3 is 0 Å². The average molecular weight is 279 g/mol. The highest BCUT2D eigenvalue weighted by atomic mass is 15.1. The van der Waals surface area contributed by atoms with Crippen LogP contribution in [-0.2, 0) is 13.1 Å². The monoisotopic (exact) mass is 279 g/mol. The number of aromatic nitrogens is 2. The van der Waals surface area contributed by atoms with Crippen LogP contribution in [0.1, 0.15) is 65.5 Å². The first-order valence-corrected chi connectivity index (χ1v) is 8.29. The molecule has 20 heavy (non-hydrogen) atoms. The summed E-state index contributed by atoms with van der Waals surface area (Å²) in [7, 11) is 0. The van der Waals surface area contributed by atoms with Gasteiger partial charge in [0, 0.05) is 19.3 Å². The third-order valence-corrected chi connectivity index (χ3v) is 3.59. The van der Waals surface area contributed by atoms with Crippen LogP contribution in [0.25, 0.3) is 0 Å². The molecule has 0 unspecified atom stereocenters. The highest BCUT2D eigenvalue weighted by molar-refractivity contribution is 4.97. The molecular formula is C17H33N3. The summed E-state index contributed by atoms with van der Waals surface area (Å²) in [5.74, 6) is 1.55. The number of aryl methyl sites for hydroxylation is 1. The van der Waals surface area contributed by atoms with Gasteiger partial charge in [-0.1, -0.05) is 53.4 Å². The molecule has 0 saturated heterocycles. The lowest BCUT2D eigenvalue weighted by molar-refractivity contribution is 0.495. The Morgan fingerprint density at radius 3 is 2.50 bits per heavy atom. The number of rotatable bonds is 11. The van der Waals surface area contributed by atoms with E-state index < -0.39 is 0 Å². The van der Waals surface area contributed by atoms with Crippen molar-refractivity contribution < 1.29 is 0 Å². The average Bonchev–Trinajstić information content (AvgIpc) is 2.80. The quantitative estimate of drug-likeness (QED) is 0.614. The first kappa shape index (κ1) is 17.2. The Morgan fingerprint density at radius 2 is 1.80 bits per heavy atom. The van der Waals surface area contributed by atoms with Crippen molar-refractivity contribution in [3.63, 3.8) is 0 Å². The van der Waals surface area contributed by atoms with Crippen LogP contribution in [0.15, 0.2) is 12.5 Å². The summed E-state index contributed by atoms with van der Waals surface area (Å²) in [4.78, 5) is 4.28. The van der Waals surface area contributed by atoms with Crippen LogP contribution in [0.5, 0.6) is 0 Å². The lowest BCUT2D eigenvalue weighted by atomic mass is 10.0. The Hall–Kier alpha value is -0.830. The van der Waals surface area contributed by atoms with Gasteiger partial charge in [-0.05, 0) is 24.8 Å². The smallest absolute Gasteiger partial charge is 0.0948 e. The summed E-state index contributed by atoms with van der Waals surface area (Å²) < 4.78 is 2.30. The van der Waals surface area contributed by atoms with Gasteiger partial charge in [-0.15, -0.1) is 0 Å². The zero-order chi connectivity index (χ0) is 14.8. The van der Waals surface area contributed by atoms with E-state index in [0.29, 0.717) is 5.92 Å². The summed E-state index contributed by atoms with van der Waals surface area (Å²) in [6.07, 6.45) is 10.7. The summed E-state index contributed by atoms with van der Waals surface area (Å²) in [5.41, 5.74) is 1.31. The number of imidazole rings is 1. The zero-order valence-electron chi connectivity index (χ0n) is 13.9. The van der Waals surface area contributed by atoms with Crippen molar-refractivity contribution in [3.05, 3.63) is 18.2 Å². The molecule has 1 rings (SSSR count). The van der Waals surface area contributed by atoms with Crippen molar-refractivity contribution in [2.75, 3.05) is 6.54 Å². The molecule has 3 nitrogen and oxygen atoms in total. The molecule has 1 aromatic rings. The van der Waals surface area contributed by atoms with Crippen molar-refractivity contribution in [1.29, 1.82) is 0 Å². The van der Waals surface area contributed by atoms with Crippen LogP contribution in [0.4, 0.5) is 0 Å². The summed E-state index contributed by atoms with van der Waals surface area (Å²) >= 11 is 0. The molecule has 0 fully saturated rings. The summed E-state index contributed by atoms with van der Waals surface area (Å²) in [5, 5.41) is 3.49. The predicted octanol–water partition coefficient (Wildman–Crippen LogP) is 4.24. The van der Waals surface area contributed by atoms with Crippen LogP contribution in [0.3, 0.4) is 0 Å². The molecule has 0 aliphatic carbocycles. The Bertz CT molecular complexity index is 342. The van der Waals surface area contributed by atoms with Gasteiger partial charge in [-0.2, -0.15) is 0 Å². The van der Waals surface area contributed by atoms with Crippen LogP contribution in [0.2, 0.25) is 0 Å². The molecule has 0 aliphatic heterocycles. The van der Waals surface area contributed by atoms with Crippen molar-refractivity contribution >= 4 is 0 Å². The third-order valence-electron chi connectivity index (χ3n) is 3.59. The van der Waals surface area contributed by atoms with Crippen LogP contribution >= 0.6 is 0 Å². The first-order valence-electron chi connectivity index (χ1n) is 8.29. The van der Waals surface area contributed by atoms with E-state index in [9.17, 15) is 0 Å². The molecule has 1 N–H and O–H groups in total. The third kappa shape index (κ3) is 7.68. The molecule has 116 valence electrons. The molecule has 0 aliphatic rings. The second kappa shape index (κ2) is 9.98. The maximum atomic E-state index is 4.28. The first-order chi connectivity index (χ1) is 9.59. The van der Waals surface area contributed by atoms with Gasteiger partial charge in [-0.3, -0.25) is 0 Å². The molecule has 0 amide bonds. The molecular weight excluding hydrogens is 246 g/mol. The van der Waals surface area contributed by atoms with E-state index >= 15 is 0 Å². The number of nitrogens with zero attached hydrogens (tertiary/aromatic N) is 2. The fraction of sp³-hybridized carbons (Fsp3) is 0.824. The molecule has 3 heteroatoms. The van der Waals surface area contributed by atoms with E-state index in [1.165, 1.54) is 37.8 Å². The fourth-order valence-corrected chi connectivity index (χ4v) is 2.37. The summed E-state index contributed by atoms with van der Waals surface area (Å²) in [6.45, 7) is 12.2. The minimum atomic E-state index is 0.701. The highest BCUT2D eigenvalue weighted by Crippen LogP contribution is 2.10. The second-order valence-corrected chi connectivity index (χ2v) is 6.70. The maximum Gasteiger partial charge on any atom is 0.0948 e. The topological polar surface area (TPSA) is 29.9 Å². The Labute approximate surface area is 125 Å². The molecule has 0 spiro atoms. The lowest BCUT2D eigenvalue weighted by Crippen LogP contribution is -2.20.